The molecular weight excluding hydrogens is 681 g/mol. The fourth-order valence-electron chi connectivity index (χ4n) is 9.00. The van der Waals surface area contributed by atoms with E-state index in [1.54, 1.807) is 0 Å². The first-order chi connectivity index (χ1) is 27.8. The van der Waals surface area contributed by atoms with E-state index in [4.69, 9.17) is 9.97 Å². The van der Waals surface area contributed by atoms with Gasteiger partial charge in [0.1, 0.15) is 0 Å². The van der Waals surface area contributed by atoms with E-state index in [0.29, 0.717) is 5.95 Å². The molecule has 0 aliphatic carbocycles. The highest BCUT2D eigenvalue weighted by molar-refractivity contribution is 6.21. The van der Waals surface area contributed by atoms with Crippen LogP contribution >= 0.6 is 0 Å². The molecule has 56 heavy (non-hydrogen) atoms. The van der Waals surface area contributed by atoms with Crippen molar-refractivity contribution in [2.24, 2.45) is 0 Å². The molecule has 0 N–H and O–H groups in total. The summed E-state index contributed by atoms with van der Waals surface area (Å²) in [5.41, 5.74) is 11.0. The number of aromatic nitrogens is 4. The monoisotopic (exact) mass is 712 g/mol. The Kier molecular flexibility index (Phi) is 6.60. The molecule has 0 fully saturated rings. The molecule has 0 spiro atoms. The minimum Gasteiger partial charge on any atom is -0.309 e. The van der Waals surface area contributed by atoms with E-state index in [9.17, 15) is 0 Å². The zero-order chi connectivity index (χ0) is 36.7. The molecule has 12 aromatic rings. The van der Waals surface area contributed by atoms with Gasteiger partial charge < -0.3 is 4.57 Å². The summed E-state index contributed by atoms with van der Waals surface area (Å²) < 4.78 is 4.63. The van der Waals surface area contributed by atoms with Crippen molar-refractivity contribution in [2.45, 2.75) is 0 Å². The topological polar surface area (TPSA) is 35.6 Å². The maximum Gasteiger partial charge on any atom is 0.235 e. The first-order valence-electron chi connectivity index (χ1n) is 19.1. The van der Waals surface area contributed by atoms with E-state index in [0.717, 1.165) is 38.9 Å². The molecule has 4 heteroatoms. The quantitative estimate of drug-likeness (QED) is 0.170. The molecule has 0 radical (unpaired) electrons. The second kappa shape index (κ2) is 12.0. The zero-order valence-electron chi connectivity index (χ0n) is 30.3. The standard InChI is InChI=1S/C52H32N4/c1-3-15-33(16-4-1)51-41-23-9-12-24-46(41)53-52(54-51)56-48-26-14-11-21-39(48)44-29-34(27-28-49(44)56)42-30-35-31-45-40-22-10-13-25-47(40)55(36-17-5-2-6-18-36)50(45)32-43(35)38-20-8-7-19-37(38)42/h1-32H. The van der Waals surface area contributed by atoms with Crippen molar-refractivity contribution in [3.8, 4) is 34.0 Å². The minimum absolute atomic E-state index is 0.663. The lowest BCUT2D eigenvalue weighted by molar-refractivity contribution is 1.01. The van der Waals surface area contributed by atoms with Gasteiger partial charge >= 0.3 is 0 Å². The lowest BCUT2D eigenvalue weighted by Gasteiger charge is -2.14. The van der Waals surface area contributed by atoms with Gasteiger partial charge in [0.25, 0.3) is 0 Å². The Bertz CT molecular complexity index is 3520. The SMILES string of the molecule is c1ccc(-c2nc(-n3c4ccccc4c4cc(-c5cc6cc7c8ccccc8n(-c8ccccc8)c7cc6c6ccccc56)ccc43)nc3ccccc23)cc1. The first-order valence-corrected chi connectivity index (χ1v) is 19.1. The van der Waals surface area contributed by atoms with Crippen LogP contribution in [0.5, 0.6) is 0 Å². The van der Waals surface area contributed by atoms with E-state index >= 15 is 0 Å². The largest absolute Gasteiger partial charge is 0.309 e. The summed E-state index contributed by atoms with van der Waals surface area (Å²) in [6.07, 6.45) is 0. The lowest BCUT2D eigenvalue weighted by Crippen LogP contribution is -2.03. The smallest absolute Gasteiger partial charge is 0.235 e. The average molecular weight is 713 g/mol. The summed E-state index contributed by atoms with van der Waals surface area (Å²) in [5.74, 6) is 0.663. The van der Waals surface area contributed by atoms with Crippen molar-refractivity contribution < 1.29 is 0 Å². The highest BCUT2D eigenvalue weighted by atomic mass is 15.2. The van der Waals surface area contributed by atoms with Gasteiger partial charge in [-0.25, -0.2) is 9.97 Å². The summed E-state index contributed by atoms with van der Waals surface area (Å²) in [5, 5.41) is 10.8. The Morgan fingerprint density at radius 1 is 0.321 bits per heavy atom. The van der Waals surface area contributed by atoms with Gasteiger partial charge in [0.05, 0.1) is 33.3 Å². The average Bonchev–Trinajstić information content (AvgIpc) is 3.77. The Morgan fingerprint density at radius 2 is 0.911 bits per heavy atom. The van der Waals surface area contributed by atoms with Gasteiger partial charge in [0, 0.05) is 38.2 Å². The van der Waals surface area contributed by atoms with Crippen LogP contribution in [-0.4, -0.2) is 19.1 Å². The van der Waals surface area contributed by atoms with Crippen LogP contribution in [0.4, 0.5) is 0 Å². The van der Waals surface area contributed by atoms with E-state index in [2.05, 4.69) is 191 Å². The van der Waals surface area contributed by atoms with Crippen LogP contribution in [0.1, 0.15) is 0 Å². The molecular formula is C52H32N4. The number of rotatable bonds is 4. The van der Waals surface area contributed by atoms with Gasteiger partial charge in [-0.2, -0.15) is 0 Å². The van der Waals surface area contributed by atoms with Gasteiger partial charge in [-0.05, 0) is 93.3 Å². The summed E-state index contributed by atoms with van der Waals surface area (Å²) in [7, 11) is 0. The second-order valence-corrected chi connectivity index (χ2v) is 14.6. The Labute approximate surface area is 322 Å². The van der Waals surface area contributed by atoms with Gasteiger partial charge in [0.15, 0.2) is 0 Å². The van der Waals surface area contributed by atoms with E-state index < -0.39 is 0 Å². The molecule has 0 amide bonds. The molecule has 3 aromatic heterocycles. The Morgan fingerprint density at radius 3 is 1.68 bits per heavy atom. The second-order valence-electron chi connectivity index (χ2n) is 14.6. The van der Waals surface area contributed by atoms with Gasteiger partial charge in [-0.15, -0.1) is 0 Å². The lowest BCUT2D eigenvalue weighted by atomic mass is 9.92. The van der Waals surface area contributed by atoms with Crippen LogP contribution in [0.25, 0.3) is 110 Å². The highest BCUT2D eigenvalue weighted by Crippen LogP contribution is 2.42. The highest BCUT2D eigenvalue weighted by Gasteiger charge is 2.20. The van der Waals surface area contributed by atoms with Crippen molar-refractivity contribution in [1.29, 1.82) is 0 Å². The molecule has 0 aliphatic rings. The first kappa shape index (κ1) is 30.9. The van der Waals surface area contributed by atoms with E-state index in [1.165, 1.54) is 65.3 Å². The van der Waals surface area contributed by atoms with E-state index in [-0.39, 0.29) is 0 Å². The molecule has 260 valence electrons. The van der Waals surface area contributed by atoms with Gasteiger partial charge in [-0.3, -0.25) is 4.57 Å². The van der Waals surface area contributed by atoms with Crippen LogP contribution in [-0.2, 0) is 0 Å². The number of hydrogen-bond donors (Lipinski definition) is 0. The third-order valence-corrected chi connectivity index (χ3v) is 11.5. The maximum absolute atomic E-state index is 5.29. The molecule has 0 bridgehead atoms. The summed E-state index contributed by atoms with van der Waals surface area (Å²) in [6.45, 7) is 0. The van der Waals surface area contributed by atoms with Crippen molar-refractivity contribution >= 4 is 76.1 Å². The number of nitrogens with zero attached hydrogens (tertiary/aromatic N) is 4. The van der Waals surface area contributed by atoms with Crippen molar-refractivity contribution in [3.63, 3.8) is 0 Å². The summed E-state index contributed by atoms with van der Waals surface area (Å²) in [4.78, 5) is 10.5. The molecule has 0 unspecified atom stereocenters. The predicted octanol–water partition coefficient (Wildman–Crippen LogP) is 13.5. The molecule has 4 nitrogen and oxygen atoms in total. The van der Waals surface area contributed by atoms with Gasteiger partial charge in [0.2, 0.25) is 5.95 Å². The number of fused-ring (bicyclic) bond motifs is 10. The Balaban J connectivity index is 1.10. The number of para-hydroxylation sites is 4. The fraction of sp³-hybridized carbons (Fsp3) is 0. The van der Waals surface area contributed by atoms with E-state index in [1.807, 2.05) is 12.1 Å². The number of hydrogen-bond acceptors (Lipinski definition) is 2. The molecule has 0 saturated heterocycles. The number of benzene rings is 9. The van der Waals surface area contributed by atoms with Crippen molar-refractivity contribution in [1.82, 2.24) is 19.1 Å². The predicted molar refractivity (Wildman–Crippen MR) is 234 cm³/mol. The van der Waals surface area contributed by atoms with Crippen molar-refractivity contribution in [2.75, 3.05) is 0 Å². The molecule has 0 aliphatic heterocycles. The molecule has 0 saturated carbocycles. The summed E-state index contributed by atoms with van der Waals surface area (Å²) >= 11 is 0. The third kappa shape index (κ3) is 4.53. The fourth-order valence-corrected chi connectivity index (χ4v) is 9.00. The van der Waals surface area contributed by atoms with Crippen LogP contribution in [0, 0.1) is 0 Å². The van der Waals surface area contributed by atoms with Crippen LogP contribution in [0.2, 0.25) is 0 Å². The van der Waals surface area contributed by atoms with Crippen LogP contribution in [0.15, 0.2) is 194 Å². The molecule has 12 rings (SSSR count). The maximum atomic E-state index is 5.29. The zero-order valence-corrected chi connectivity index (χ0v) is 30.3. The molecule has 0 atom stereocenters. The Hall–Kier alpha value is -7.56. The van der Waals surface area contributed by atoms with Crippen LogP contribution < -0.4 is 0 Å². The molecule has 9 aromatic carbocycles. The van der Waals surface area contributed by atoms with Crippen LogP contribution in [0.3, 0.4) is 0 Å². The minimum atomic E-state index is 0.663. The molecule has 3 heterocycles. The third-order valence-electron chi connectivity index (χ3n) is 11.5. The van der Waals surface area contributed by atoms with Gasteiger partial charge in [-0.1, -0.05) is 133 Å². The van der Waals surface area contributed by atoms with Crippen molar-refractivity contribution in [3.05, 3.63) is 194 Å². The summed E-state index contributed by atoms with van der Waals surface area (Å²) in [6, 6.07) is 69.7. The normalized spacial score (nSPS) is 11.9.